The minimum atomic E-state index is -3.30. The Bertz CT molecular complexity index is 1090. The normalized spacial score (nSPS) is 17.1. The summed E-state index contributed by atoms with van der Waals surface area (Å²) in [6.07, 6.45) is 6.02. The second kappa shape index (κ2) is 9.09. The molecule has 1 amide bonds. The number of ether oxygens (including phenoxy) is 1. The van der Waals surface area contributed by atoms with Crippen LogP contribution in [0.25, 0.3) is 0 Å². The zero-order valence-electron chi connectivity index (χ0n) is 17.4. The SMILES string of the molecule is CN=[S@](C)(=O)/C=C/[C@H](NC(=O)c1cnc(C(C)(F)F)nc1Oc1ccccc1)C1CC1. The van der Waals surface area contributed by atoms with Crippen LogP contribution in [-0.2, 0) is 15.7 Å². The highest BCUT2D eigenvalue weighted by atomic mass is 32.2. The predicted octanol–water partition coefficient (Wildman–Crippen LogP) is 4.13. The van der Waals surface area contributed by atoms with Gasteiger partial charge in [-0.3, -0.25) is 4.79 Å². The number of halogens is 2. The number of hydrogen-bond acceptors (Lipinski definition) is 6. The molecule has 10 heteroatoms. The lowest BCUT2D eigenvalue weighted by atomic mass is 10.1. The molecule has 3 rings (SSSR count). The number of amides is 1. The zero-order valence-corrected chi connectivity index (χ0v) is 18.2. The minimum Gasteiger partial charge on any atom is -0.438 e. The fourth-order valence-corrected chi connectivity index (χ4v) is 3.29. The van der Waals surface area contributed by atoms with Gasteiger partial charge in [0.05, 0.1) is 15.8 Å². The second-order valence-corrected chi connectivity index (χ2v) is 9.78. The molecule has 1 aliphatic rings. The summed E-state index contributed by atoms with van der Waals surface area (Å²) < 4.78 is 49.1. The number of rotatable bonds is 8. The van der Waals surface area contributed by atoms with Gasteiger partial charge in [-0.25, -0.2) is 13.6 Å². The van der Waals surface area contributed by atoms with Gasteiger partial charge in [0, 0.05) is 31.8 Å². The molecule has 0 aliphatic heterocycles. The van der Waals surface area contributed by atoms with E-state index in [0.717, 1.165) is 19.0 Å². The summed E-state index contributed by atoms with van der Waals surface area (Å²) in [7, 11) is -1.02. The smallest absolute Gasteiger partial charge is 0.303 e. The maximum Gasteiger partial charge on any atom is 0.303 e. The quantitative estimate of drug-likeness (QED) is 0.653. The molecule has 0 saturated heterocycles. The number of hydrogen-bond donors (Lipinski definition) is 1. The molecule has 2 atom stereocenters. The standard InChI is InChI=1S/C21H24F2N4O3S/c1-21(22,23)20-25-13-16(19(27-20)30-15-7-5-4-6-8-15)18(28)26-17(14-9-10-14)11-12-31(3,29)24-2/h4-8,11-14,17H,9-10H2,1-3H3,(H,26,28)/b12-11+/t17-,31+/m0/s1. The van der Waals surface area contributed by atoms with Crippen LogP contribution in [0, 0.1) is 5.92 Å². The van der Waals surface area contributed by atoms with Gasteiger partial charge in [0.1, 0.15) is 11.3 Å². The molecule has 0 bridgehead atoms. The maximum atomic E-state index is 13.7. The molecule has 0 radical (unpaired) electrons. The zero-order chi connectivity index (χ0) is 22.6. The molecule has 1 N–H and O–H groups in total. The molecule has 0 unspecified atom stereocenters. The number of para-hydroxylation sites is 1. The third kappa shape index (κ3) is 6.30. The van der Waals surface area contributed by atoms with E-state index >= 15 is 0 Å². The van der Waals surface area contributed by atoms with E-state index in [1.807, 2.05) is 0 Å². The van der Waals surface area contributed by atoms with Gasteiger partial charge in [-0.05, 0) is 30.9 Å². The Morgan fingerprint density at radius 3 is 2.61 bits per heavy atom. The van der Waals surface area contributed by atoms with Crippen molar-refractivity contribution >= 4 is 15.6 Å². The van der Waals surface area contributed by atoms with Crippen molar-refractivity contribution in [3.05, 3.63) is 59.4 Å². The second-order valence-electron chi connectivity index (χ2n) is 7.42. The summed E-state index contributed by atoms with van der Waals surface area (Å²) in [5.74, 6) is -4.34. The number of alkyl halides is 2. The van der Waals surface area contributed by atoms with Gasteiger partial charge >= 0.3 is 5.92 Å². The third-order valence-corrected chi connectivity index (χ3v) is 6.06. The van der Waals surface area contributed by atoms with Crippen molar-refractivity contribution < 1.29 is 22.5 Å². The van der Waals surface area contributed by atoms with Crippen LogP contribution in [0.3, 0.4) is 0 Å². The van der Waals surface area contributed by atoms with Crippen molar-refractivity contribution in [3.8, 4) is 11.6 Å². The topological polar surface area (TPSA) is 93.5 Å². The van der Waals surface area contributed by atoms with Crippen molar-refractivity contribution in [2.24, 2.45) is 10.3 Å². The Morgan fingerprint density at radius 1 is 1.35 bits per heavy atom. The van der Waals surface area contributed by atoms with Crippen LogP contribution in [0.5, 0.6) is 11.6 Å². The van der Waals surface area contributed by atoms with Gasteiger partial charge in [0.15, 0.2) is 0 Å². The average molecular weight is 451 g/mol. The Morgan fingerprint density at radius 2 is 2.03 bits per heavy atom. The van der Waals surface area contributed by atoms with Gasteiger partial charge in [-0.1, -0.05) is 24.3 Å². The number of benzene rings is 1. The molecule has 0 spiro atoms. The molecule has 1 saturated carbocycles. The summed E-state index contributed by atoms with van der Waals surface area (Å²) >= 11 is 0. The number of carbonyl (C=O) groups excluding carboxylic acids is 1. The van der Waals surface area contributed by atoms with E-state index in [-0.39, 0.29) is 23.4 Å². The van der Waals surface area contributed by atoms with Crippen molar-refractivity contribution in [1.29, 1.82) is 0 Å². The Hall–Kier alpha value is -2.88. The first kappa shape index (κ1) is 22.8. The molecule has 7 nitrogen and oxygen atoms in total. The predicted molar refractivity (Wildman–Crippen MR) is 114 cm³/mol. The van der Waals surface area contributed by atoms with E-state index in [2.05, 4.69) is 19.6 Å². The lowest BCUT2D eigenvalue weighted by Crippen LogP contribution is -2.35. The number of carbonyl (C=O) groups is 1. The van der Waals surface area contributed by atoms with Crippen molar-refractivity contribution in [2.75, 3.05) is 13.3 Å². The highest BCUT2D eigenvalue weighted by molar-refractivity contribution is 7.95. The summed E-state index contributed by atoms with van der Waals surface area (Å²) in [4.78, 5) is 20.4. The van der Waals surface area contributed by atoms with Crippen LogP contribution >= 0.6 is 0 Å². The Kier molecular flexibility index (Phi) is 6.68. The molecular weight excluding hydrogens is 426 g/mol. The van der Waals surface area contributed by atoms with Gasteiger partial charge in [0.25, 0.3) is 5.91 Å². The van der Waals surface area contributed by atoms with E-state index in [9.17, 15) is 17.8 Å². The number of aromatic nitrogens is 2. The average Bonchev–Trinajstić information content (AvgIpc) is 3.56. The minimum absolute atomic E-state index is 0.0756. The van der Waals surface area contributed by atoms with Gasteiger partial charge < -0.3 is 10.1 Å². The highest BCUT2D eigenvalue weighted by Gasteiger charge is 2.33. The van der Waals surface area contributed by atoms with E-state index in [1.165, 1.54) is 18.7 Å². The summed E-state index contributed by atoms with van der Waals surface area (Å²) in [6.45, 7) is 0.670. The third-order valence-electron chi connectivity index (χ3n) is 4.68. The van der Waals surface area contributed by atoms with Crippen molar-refractivity contribution in [3.63, 3.8) is 0 Å². The van der Waals surface area contributed by atoms with Crippen LogP contribution in [0.15, 0.2) is 52.4 Å². The Labute approximate surface area is 180 Å². The van der Waals surface area contributed by atoms with Gasteiger partial charge in [-0.15, -0.1) is 0 Å². The molecule has 166 valence electrons. The van der Waals surface area contributed by atoms with Gasteiger partial charge in [0.2, 0.25) is 11.7 Å². The molecular formula is C21H24F2N4O3S. The van der Waals surface area contributed by atoms with Crippen molar-refractivity contribution in [1.82, 2.24) is 15.3 Å². The first-order valence-corrected chi connectivity index (χ1v) is 11.7. The van der Waals surface area contributed by atoms with E-state index < -0.39 is 27.4 Å². The van der Waals surface area contributed by atoms with Crippen LogP contribution < -0.4 is 10.1 Å². The molecule has 1 aliphatic carbocycles. The van der Waals surface area contributed by atoms with E-state index in [4.69, 9.17) is 4.74 Å². The highest BCUT2D eigenvalue weighted by Crippen LogP contribution is 2.34. The maximum absolute atomic E-state index is 13.7. The van der Waals surface area contributed by atoms with E-state index in [1.54, 1.807) is 36.4 Å². The largest absolute Gasteiger partial charge is 0.438 e. The van der Waals surface area contributed by atoms with Crippen LogP contribution in [0.1, 0.15) is 35.9 Å². The number of nitrogens with one attached hydrogen (secondary N) is 1. The fraction of sp³-hybridized carbons (Fsp3) is 0.381. The molecule has 1 fully saturated rings. The molecule has 2 aromatic rings. The number of nitrogens with zero attached hydrogens (tertiary/aromatic N) is 3. The lowest BCUT2D eigenvalue weighted by molar-refractivity contribution is 0.00707. The lowest BCUT2D eigenvalue weighted by Gasteiger charge is -2.17. The fourth-order valence-electron chi connectivity index (χ4n) is 2.71. The first-order chi connectivity index (χ1) is 14.6. The monoisotopic (exact) mass is 450 g/mol. The van der Waals surface area contributed by atoms with Crippen LogP contribution in [0.2, 0.25) is 0 Å². The van der Waals surface area contributed by atoms with Crippen LogP contribution in [-0.4, -0.2) is 39.4 Å². The molecule has 31 heavy (non-hydrogen) atoms. The van der Waals surface area contributed by atoms with E-state index in [0.29, 0.717) is 12.7 Å². The van der Waals surface area contributed by atoms with Crippen molar-refractivity contribution in [2.45, 2.75) is 31.7 Å². The molecule has 1 aromatic heterocycles. The Balaban J connectivity index is 1.90. The van der Waals surface area contributed by atoms with Gasteiger partial charge in [-0.2, -0.15) is 13.8 Å². The summed E-state index contributed by atoms with van der Waals surface area (Å²) in [5.41, 5.74) is -0.0756. The summed E-state index contributed by atoms with van der Waals surface area (Å²) in [6, 6.07) is 8.05. The molecule has 1 aromatic carbocycles. The molecule has 1 heterocycles. The summed E-state index contributed by atoms with van der Waals surface area (Å²) in [5, 5.41) is 4.32. The first-order valence-electron chi connectivity index (χ1n) is 9.66. The van der Waals surface area contributed by atoms with Crippen LogP contribution in [0.4, 0.5) is 8.78 Å².